The van der Waals surface area contributed by atoms with Gasteiger partial charge in [0, 0.05) is 32.1 Å². The maximum atomic E-state index is 12.4. The number of amides is 2. The summed E-state index contributed by atoms with van der Waals surface area (Å²) in [4.78, 5) is 31.9. The Kier molecular flexibility index (Phi) is 4.04. The van der Waals surface area contributed by atoms with E-state index in [0.29, 0.717) is 31.2 Å². The Balaban J connectivity index is 1.64. The van der Waals surface area contributed by atoms with Gasteiger partial charge < -0.3 is 9.80 Å². The lowest BCUT2D eigenvalue weighted by Gasteiger charge is -2.34. The van der Waals surface area contributed by atoms with E-state index in [1.54, 1.807) is 17.0 Å². The first-order valence-corrected chi connectivity index (χ1v) is 7.72. The fourth-order valence-electron chi connectivity index (χ4n) is 2.44. The predicted molar refractivity (Wildman–Crippen MR) is 79.5 cm³/mol. The van der Waals surface area contributed by atoms with E-state index in [-0.39, 0.29) is 28.6 Å². The molecule has 1 aromatic heterocycles. The smallest absolute Gasteiger partial charge is 0.274 e. The van der Waals surface area contributed by atoms with Gasteiger partial charge in [-0.1, -0.05) is 23.2 Å². The molecule has 0 atom stereocenters. The van der Waals surface area contributed by atoms with Crippen LogP contribution in [0, 0.1) is 5.92 Å². The summed E-state index contributed by atoms with van der Waals surface area (Å²) in [5.74, 6) is 0.207. The van der Waals surface area contributed by atoms with E-state index in [9.17, 15) is 9.59 Å². The molecule has 21 heavy (non-hydrogen) atoms. The highest BCUT2D eigenvalue weighted by Crippen LogP contribution is 2.31. The number of carbonyl (C=O) groups excluding carboxylic acids is 2. The molecule has 1 aliphatic carbocycles. The Morgan fingerprint density at radius 1 is 1.05 bits per heavy atom. The average Bonchev–Trinajstić information content (AvgIpc) is 3.33. The summed E-state index contributed by atoms with van der Waals surface area (Å²) in [7, 11) is 0. The zero-order valence-electron chi connectivity index (χ0n) is 11.4. The van der Waals surface area contributed by atoms with E-state index >= 15 is 0 Å². The van der Waals surface area contributed by atoms with E-state index in [0.717, 1.165) is 12.8 Å². The molecule has 0 radical (unpaired) electrons. The first-order valence-electron chi connectivity index (χ1n) is 6.96. The summed E-state index contributed by atoms with van der Waals surface area (Å²) >= 11 is 11.8. The molecular weight excluding hydrogens is 313 g/mol. The topological polar surface area (TPSA) is 53.5 Å². The molecule has 0 spiro atoms. The lowest BCUT2D eigenvalue weighted by atomic mass is 10.2. The van der Waals surface area contributed by atoms with Crippen molar-refractivity contribution in [2.24, 2.45) is 5.92 Å². The van der Waals surface area contributed by atoms with E-state index in [2.05, 4.69) is 4.98 Å². The van der Waals surface area contributed by atoms with Crippen molar-refractivity contribution in [2.75, 3.05) is 26.2 Å². The molecule has 112 valence electrons. The van der Waals surface area contributed by atoms with Crippen molar-refractivity contribution in [3.8, 4) is 0 Å². The minimum atomic E-state index is -0.235. The number of carbonyl (C=O) groups is 2. The third kappa shape index (κ3) is 3.14. The maximum Gasteiger partial charge on any atom is 0.274 e. The van der Waals surface area contributed by atoms with Gasteiger partial charge >= 0.3 is 0 Å². The van der Waals surface area contributed by atoms with E-state index in [4.69, 9.17) is 23.2 Å². The second-order valence-electron chi connectivity index (χ2n) is 5.36. The first kappa shape index (κ1) is 14.6. The number of hydrogen-bond acceptors (Lipinski definition) is 3. The average molecular weight is 328 g/mol. The largest absolute Gasteiger partial charge is 0.339 e. The van der Waals surface area contributed by atoms with Crippen LogP contribution in [0.2, 0.25) is 10.2 Å². The highest BCUT2D eigenvalue weighted by Gasteiger charge is 2.35. The van der Waals surface area contributed by atoms with Crippen LogP contribution in [-0.4, -0.2) is 52.8 Å². The third-order valence-electron chi connectivity index (χ3n) is 3.82. The van der Waals surface area contributed by atoms with E-state index < -0.39 is 0 Å². The van der Waals surface area contributed by atoms with Crippen LogP contribution in [0.15, 0.2) is 12.1 Å². The summed E-state index contributed by atoms with van der Waals surface area (Å²) in [6.45, 7) is 2.14. The third-order valence-corrected chi connectivity index (χ3v) is 4.34. The van der Waals surface area contributed by atoms with Gasteiger partial charge in [-0.3, -0.25) is 9.59 Å². The number of halogens is 2. The van der Waals surface area contributed by atoms with Crippen molar-refractivity contribution in [1.82, 2.24) is 14.8 Å². The SMILES string of the molecule is O=C(c1nc(Cl)ccc1Cl)N1CCN(C(=O)C2CC2)CC1. The molecule has 0 N–H and O–H groups in total. The zero-order chi connectivity index (χ0) is 15.0. The number of nitrogens with zero attached hydrogens (tertiary/aromatic N) is 3. The monoisotopic (exact) mass is 327 g/mol. The standard InChI is InChI=1S/C14H15Cl2N3O2/c15-10-3-4-11(16)17-12(10)14(21)19-7-5-18(6-8-19)13(20)9-1-2-9/h3-4,9H,1-2,5-8H2. The van der Waals surface area contributed by atoms with Crippen molar-refractivity contribution in [2.45, 2.75) is 12.8 Å². The van der Waals surface area contributed by atoms with Crippen LogP contribution in [0.25, 0.3) is 0 Å². The molecule has 3 rings (SSSR count). The van der Waals surface area contributed by atoms with Gasteiger partial charge in [0.2, 0.25) is 5.91 Å². The maximum absolute atomic E-state index is 12.4. The van der Waals surface area contributed by atoms with Crippen LogP contribution in [0.1, 0.15) is 23.3 Å². The van der Waals surface area contributed by atoms with Gasteiger partial charge in [0.15, 0.2) is 0 Å². The van der Waals surface area contributed by atoms with Crippen LogP contribution < -0.4 is 0 Å². The quantitative estimate of drug-likeness (QED) is 0.781. The van der Waals surface area contributed by atoms with Crippen LogP contribution >= 0.6 is 23.2 Å². The van der Waals surface area contributed by atoms with Gasteiger partial charge in [0.05, 0.1) is 5.02 Å². The molecule has 1 saturated carbocycles. The fraction of sp³-hybridized carbons (Fsp3) is 0.500. The first-order chi connectivity index (χ1) is 10.1. The second-order valence-corrected chi connectivity index (χ2v) is 6.15. The molecule has 7 heteroatoms. The number of pyridine rings is 1. The molecule has 2 fully saturated rings. The van der Waals surface area contributed by atoms with Crippen molar-refractivity contribution >= 4 is 35.0 Å². The second kappa shape index (κ2) is 5.81. The van der Waals surface area contributed by atoms with E-state index in [1.807, 2.05) is 4.90 Å². The van der Waals surface area contributed by atoms with E-state index in [1.165, 1.54) is 0 Å². The summed E-state index contributed by atoms with van der Waals surface area (Å²) < 4.78 is 0. The number of rotatable bonds is 2. The fourth-order valence-corrected chi connectivity index (χ4v) is 2.77. The Morgan fingerprint density at radius 2 is 1.67 bits per heavy atom. The van der Waals surface area contributed by atoms with Gasteiger partial charge in [-0.25, -0.2) is 4.98 Å². The lowest BCUT2D eigenvalue weighted by molar-refractivity contribution is -0.134. The normalized spacial score (nSPS) is 18.8. The Morgan fingerprint density at radius 3 is 2.29 bits per heavy atom. The molecule has 1 saturated heterocycles. The molecule has 5 nitrogen and oxygen atoms in total. The van der Waals surface area contributed by atoms with Gasteiger partial charge in [0.25, 0.3) is 5.91 Å². The summed E-state index contributed by atoms with van der Waals surface area (Å²) in [6.07, 6.45) is 2.00. The predicted octanol–water partition coefficient (Wildman–Crippen LogP) is 2.08. The molecular formula is C14H15Cl2N3O2. The molecule has 2 heterocycles. The van der Waals surface area contributed by atoms with Crippen LogP contribution in [-0.2, 0) is 4.79 Å². The molecule has 1 aromatic rings. The molecule has 2 aliphatic rings. The highest BCUT2D eigenvalue weighted by molar-refractivity contribution is 6.34. The van der Waals surface area contributed by atoms with Gasteiger partial charge in [-0.05, 0) is 25.0 Å². The van der Waals surface area contributed by atoms with Crippen molar-refractivity contribution in [3.05, 3.63) is 28.0 Å². The van der Waals surface area contributed by atoms with Crippen molar-refractivity contribution < 1.29 is 9.59 Å². The van der Waals surface area contributed by atoms with Crippen LogP contribution in [0.4, 0.5) is 0 Å². The van der Waals surface area contributed by atoms with Gasteiger partial charge in [-0.2, -0.15) is 0 Å². The van der Waals surface area contributed by atoms with Crippen molar-refractivity contribution in [3.63, 3.8) is 0 Å². The number of piperazine rings is 1. The van der Waals surface area contributed by atoms with Crippen LogP contribution in [0.5, 0.6) is 0 Å². The van der Waals surface area contributed by atoms with Gasteiger partial charge in [-0.15, -0.1) is 0 Å². The number of aromatic nitrogens is 1. The van der Waals surface area contributed by atoms with Crippen molar-refractivity contribution in [1.29, 1.82) is 0 Å². The lowest BCUT2D eigenvalue weighted by Crippen LogP contribution is -2.51. The van der Waals surface area contributed by atoms with Gasteiger partial charge in [0.1, 0.15) is 10.8 Å². The van der Waals surface area contributed by atoms with Crippen LogP contribution in [0.3, 0.4) is 0 Å². The summed E-state index contributed by atoms with van der Waals surface area (Å²) in [6, 6.07) is 3.11. The minimum Gasteiger partial charge on any atom is -0.339 e. The Bertz CT molecular complexity index is 582. The molecule has 2 amide bonds. The molecule has 0 aromatic carbocycles. The molecule has 1 aliphatic heterocycles. The Hall–Kier alpha value is -1.33. The summed E-state index contributed by atoms with van der Waals surface area (Å²) in [5.41, 5.74) is 0.172. The summed E-state index contributed by atoms with van der Waals surface area (Å²) in [5, 5.41) is 0.534. The molecule has 0 unspecified atom stereocenters. The Labute approximate surface area is 132 Å². The molecule has 0 bridgehead atoms. The number of hydrogen-bond donors (Lipinski definition) is 0. The highest BCUT2D eigenvalue weighted by atomic mass is 35.5. The zero-order valence-corrected chi connectivity index (χ0v) is 12.9. The minimum absolute atomic E-state index is 0.172.